The molecule has 0 aliphatic heterocycles. The molecule has 32 heavy (non-hydrogen) atoms. The minimum atomic E-state index is -5.07. The molecule has 0 spiro atoms. The largest absolute Gasteiger partial charge is 0.505 e. The third-order valence-electron chi connectivity index (χ3n) is 6.03. The van der Waals surface area contributed by atoms with Gasteiger partial charge in [0, 0.05) is 28.9 Å². The van der Waals surface area contributed by atoms with Gasteiger partial charge < -0.3 is 15.5 Å². The number of hydrogen-bond donors (Lipinski definition) is 3. The number of alkyl halides is 3. The molecular weight excluding hydrogens is 433 g/mol. The van der Waals surface area contributed by atoms with Crippen molar-refractivity contribution in [2.75, 3.05) is 5.32 Å². The Balaban J connectivity index is 1.95. The average Bonchev–Trinajstić information content (AvgIpc) is 2.70. The van der Waals surface area contributed by atoms with E-state index in [-0.39, 0.29) is 34.1 Å². The molecule has 1 aliphatic carbocycles. The standard InChI is InChI=1S/C22H20F5N3O2/c1-3-11-8-21(32,22(25,26)27)20(13-4-5-15(24)19(31)18(11)13)30-17-7-12(23)6-16-14(17)9-28-10(2)29-16/h4-7,9,11,20,30-32H,3,8H2,1-2H3/t11-,20?,21-/m1/s1. The van der Waals surface area contributed by atoms with E-state index in [4.69, 9.17) is 0 Å². The van der Waals surface area contributed by atoms with E-state index < -0.39 is 47.5 Å². The van der Waals surface area contributed by atoms with Crippen LogP contribution in [0.3, 0.4) is 0 Å². The molecule has 0 amide bonds. The van der Waals surface area contributed by atoms with E-state index >= 15 is 0 Å². The number of hydrogen-bond acceptors (Lipinski definition) is 5. The second-order valence-corrected chi connectivity index (χ2v) is 8.01. The van der Waals surface area contributed by atoms with Gasteiger partial charge in [-0.15, -0.1) is 0 Å². The Kier molecular flexibility index (Phi) is 5.23. The summed E-state index contributed by atoms with van der Waals surface area (Å²) in [7, 11) is 0. The highest BCUT2D eigenvalue weighted by molar-refractivity contribution is 5.91. The lowest BCUT2D eigenvalue weighted by Gasteiger charge is -2.45. The van der Waals surface area contributed by atoms with Crippen LogP contribution in [0.1, 0.15) is 48.7 Å². The first-order valence-corrected chi connectivity index (χ1v) is 9.96. The van der Waals surface area contributed by atoms with Crippen LogP contribution in [0.4, 0.5) is 27.6 Å². The molecule has 170 valence electrons. The molecular formula is C22H20F5N3O2. The zero-order chi connectivity index (χ0) is 23.4. The number of halogens is 5. The van der Waals surface area contributed by atoms with Crippen LogP contribution < -0.4 is 5.32 Å². The highest BCUT2D eigenvalue weighted by atomic mass is 19.4. The zero-order valence-electron chi connectivity index (χ0n) is 17.1. The van der Waals surface area contributed by atoms with Crippen molar-refractivity contribution in [3.63, 3.8) is 0 Å². The van der Waals surface area contributed by atoms with Crippen molar-refractivity contribution in [1.82, 2.24) is 9.97 Å². The smallest absolute Gasteiger partial charge is 0.419 e. The predicted molar refractivity (Wildman–Crippen MR) is 107 cm³/mol. The predicted octanol–water partition coefficient (Wildman–Crippen LogP) is 5.27. The van der Waals surface area contributed by atoms with Crippen LogP contribution in [0.25, 0.3) is 10.9 Å². The van der Waals surface area contributed by atoms with Gasteiger partial charge in [0.05, 0.1) is 11.6 Å². The number of fused-ring (bicyclic) bond motifs is 2. The van der Waals surface area contributed by atoms with E-state index in [0.29, 0.717) is 5.82 Å². The summed E-state index contributed by atoms with van der Waals surface area (Å²) in [5, 5.41) is 24.1. The van der Waals surface area contributed by atoms with E-state index in [1.807, 2.05) is 0 Å². The van der Waals surface area contributed by atoms with E-state index in [1.54, 1.807) is 13.8 Å². The quantitative estimate of drug-likeness (QED) is 0.471. The number of anilines is 1. The van der Waals surface area contributed by atoms with E-state index in [9.17, 15) is 32.2 Å². The normalized spacial score (nSPS) is 23.2. The molecule has 0 fully saturated rings. The number of benzene rings is 2. The molecule has 1 aromatic heterocycles. The van der Waals surface area contributed by atoms with Crippen LogP contribution in [0.15, 0.2) is 30.5 Å². The Morgan fingerprint density at radius 2 is 1.94 bits per heavy atom. The lowest BCUT2D eigenvalue weighted by Crippen LogP contribution is -2.55. The van der Waals surface area contributed by atoms with Crippen molar-refractivity contribution < 1.29 is 32.2 Å². The SMILES string of the molecule is CC[C@@H]1C[C@](O)(C(F)(F)F)C(Nc2cc(F)cc3nc(C)ncc23)c2ccc(F)c(O)c21. The maximum Gasteiger partial charge on any atom is 0.419 e. The second kappa shape index (κ2) is 7.54. The van der Waals surface area contributed by atoms with Crippen molar-refractivity contribution in [3.8, 4) is 5.75 Å². The topological polar surface area (TPSA) is 78.3 Å². The van der Waals surface area contributed by atoms with Gasteiger partial charge in [0.25, 0.3) is 0 Å². The number of nitrogens with one attached hydrogen (secondary N) is 1. The molecule has 3 aromatic rings. The van der Waals surface area contributed by atoms with Gasteiger partial charge in [-0.2, -0.15) is 13.2 Å². The number of phenolic OH excluding ortho intramolecular Hbond substituents is 1. The van der Waals surface area contributed by atoms with Gasteiger partial charge in [-0.05, 0) is 43.4 Å². The van der Waals surface area contributed by atoms with E-state index in [2.05, 4.69) is 15.3 Å². The van der Waals surface area contributed by atoms with Gasteiger partial charge in [0.1, 0.15) is 11.6 Å². The summed E-state index contributed by atoms with van der Waals surface area (Å²) < 4.78 is 70.9. The average molecular weight is 453 g/mol. The van der Waals surface area contributed by atoms with Crippen LogP contribution in [-0.4, -0.2) is 32.0 Å². The van der Waals surface area contributed by atoms with E-state index in [1.165, 1.54) is 6.20 Å². The number of nitrogens with zero attached hydrogens (tertiary/aromatic N) is 2. The summed E-state index contributed by atoms with van der Waals surface area (Å²) in [6.45, 7) is 3.17. The number of rotatable bonds is 3. The van der Waals surface area contributed by atoms with Crippen molar-refractivity contribution in [2.45, 2.75) is 50.4 Å². The third-order valence-corrected chi connectivity index (χ3v) is 6.03. The Labute approximate surface area is 179 Å². The first-order valence-electron chi connectivity index (χ1n) is 9.96. The molecule has 0 bridgehead atoms. The van der Waals surface area contributed by atoms with Crippen LogP contribution in [0, 0.1) is 18.6 Å². The van der Waals surface area contributed by atoms with Gasteiger partial charge in [0.2, 0.25) is 0 Å². The van der Waals surface area contributed by atoms with Crippen molar-refractivity contribution >= 4 is 16.6 Å². The summed E-state index contributed by atoms with van der Waals surface area (Å²) in [5.41, 5.74) is -3.30. The maximum absolute atomic E-state index is 14.3. The number of aromatic hydroxyl groups is 1. The first kappa shape index (κ1) is 22.2. The molecule has 3 N–H and O–H groups in total. The van der Waals surface area contributed by atoms with Crippen LogP contribution in [0.2, 0.25) is 0 Å². The Bertz CT molecular complexity index is 1200. The molecule has 2 aromatic carbocycles. The molecule has 0 radical (unpaired) electrons. The highest BCUT2D eigenvalue weighted by Crippen LogP contribution is 2.55. The number of aromatic nitrogens is 2. The molecule has 3 atom stereocenters. The fourth-order valence-corrected chi connectivity index (χ4v) is 4.42. The Hall–Kier alpha value is -3.01. The Morgan fingerprint density at radius 3 is 2.59 bits per heavy atom. The molecule has 1 aliphatic rings. The minimum Gasteiger partial charge on any atom is -0.505 e. The molecule has 10 heteroatoms. The Morgan fingerprint density at radius 1 is 1.22 bits per heavy atom. The summed E-state index contributed by atoms with van der Waals surface area (Å²) in [6.07, 6.45) is -4.41. The fourth-order valence-electron chi connectivity index (χ4n) is 4.42. The van der Waals surface area contributed by atoms with Crippen LogP contribution >= 0.6 is 0 Å². The molecule has 0 saturated carbocycles. The molecule has 4 rings (SSSR count). The third kappa shape index (κ3) is 3.42. The number of aliphatic hydroxyl groups is 1. The zero-order valence-corrected chi connectivity index (χ0v) is 17.1. The summed E-state index contributed by atoms with van der Waals surface area (Å²) >= 11 is 0. The van der Waals surface area contributed by atoms with Gasteiger partial charge in [-0.1, -0.05) is 13.0 Å². The van der Waals surface area contributed by atoms with Gasteiger partial charge in [0.15, 0.2) is 17.2 Å². The van der Waals surface area contributed by atoms with Crippen molar-refractivity contribution in [2.24, 2.45) is 0 Å². The van der Waals surface area contributed by atoms with Gasteiger partial charge in [-0.3, -0.25) is 0 Å². The van der Waals surface area contributed by atoms with Crippen LogP contribution in [-0.2, 0) is 0 Å². The van der Waals surface area contributed by atoms with Crippen molar-refractivity contribution in [1.29, 1.82) is 0 Å². The molecule has 1 heterocycles. The fraction of sp³-hybridized carbons (Fsp3) is 0.364. The molecule has 0 saturated heterocycles. The summed E-state index contributed by atoms with van der Waals surface area (Å²) in [6, 6.07) is 2.19. The molecule has 1 unspecified atom stereocenters. The lowest BCUT2D eigenvalue weighted by atomic mass is 9.69. The monoisotopic (exact) mass is 453 g/mol. The summed E-state index contributed by atoms with van der Waals surface area (Å²) in [4.78, 5) is 8.13. The first-order chi connectivity index (χ1) is 15.0. The second-order valence-electron chi connectivity index (χ2n) is 8.01. The summed E-state index contributed by atoms with van der Waals surface area (Å²) in [5.74, 6) is -3.08. The minimum absolute atomic E-state index is 0.00766. The lowest BCUT2D eigenvalue weighted by molar-refractivity contribution is -0.272. The number of aryl methyl sites for hydroxylation is 1. The van der Waals surface area contributed by atoms with Gasteiger partial charge >= 0.3 is 6.18 Å². The maximum atomic E-state index is 14.3. The molecule has 5 nitrogen and oxygen atoms in total. The van der Waals surface area contributed by atoms with Crippen LogP contribution in [0.5, 0.6) is 5.75 Å². The van der Waals surface area contributed by atoms with E-state index in [0.717, 1.165) is 24.3 Å². The van der Waals surface area contributed by atoms with Crippen molar-refractivity contribution in [3.05, 3.63) is 59.0 Å². The van der Waals surface area contributed by atoms with Gasteiger partial charge in [-0.25, -0.2) is 18.7 Å². The highest BCUT2D eigenvalue weighted by Gasteiger charge is 2.62. The number of phenols is 1.